The van der Waals surface area contributed by atoms with E-state index in [-0.39, 0.29) is 11.4 Å². The Bertz CT molecular complexity index is 1280. The lowest BCUT2D eigenvalue weighted by Crippen LogP contribution is -2.22. The number of aryl methyl sites for hydroxylation is 1. The number of nitrogens with zero attached hydrogens (tertiary/aromatic N) is 2. The molecule has 0 radical (unpaired) electrons. The van der Waals surface area contributed by atoms with E-state index < -0.39 is 0 Å². The van der Waals surface area contributed by atoms with Gasteiger partial charge in [0.2, 0.25) is 0 Å². The van der Waals surface area contributed by atoms with E-state index in [1.165, 1.54) is 6.07 Å². The molecule has 4 rings (SSSR count). The van der Waals surface area contributed by atoms with Crippen molar-refractivity contribution in [1.82, 2.24) is 9.55 Å². The van der Waals surface area contributed by atoms with E-state index in [0.717, 1.165) is 10.0 Å². The first kappa shape index (κ1) is 18.3. The maximum absolute atomic E-state index is 14.0. The van der Waals surface area contributed by atoms with Gasteiger partial charge in [-0.15, -0.1) is 0 Å². The maximum Gasteiger partial charge on any atom is 0.266 e. The average Bonchev–Trinajstić information content (AvgIpc) is 2.68. The van der Waals surface area contributed by atoms with E-state index >= 15 is 0 Å². The van der Waals surface area contributed by atoms with Gasteiger partial charge in [-0.3, -0.25) is 9.36 Å². The fraction of sp³-hybridized carbons (Fsp3) is 0.0435. The predicted molar refractivity (Wildman–Crippen MR) is 115 cm³/mol. The summed E-state index contributed by atoms with van der Waals surface area (Å²) in [6.07, 6.45) is 3.29. The zero-order chi connectivity index (χ0) is 19.7. The molecule has 138 valence electrons. The van der Waals surface area contributed by atoms with Gasteiger partial charge in [0.1, 0.15) is 11.6 Å². The van der Waals surface area contributed by atoms with Gasteiger partial charge in [-0.2, -0.15) is 0 Å². The molecule has 0 bridgehead atoms. The van der Waals surface area contributed by atoms with Gasteiger partial charge in [-0.25, -0.2) is 9.37 Å². The third kappa shape index (κ3) is 3.41. The highest BCUT2D eigenvalue weighted by molar-refractivity contribution is 9.10. The number of aromatic nitrogens is 2. The molecule has 1 heterocycles. The summed E-state index contributed by atoms with van der Waals surface area (Å²) in [5.74, 6) is 0.0986. The van der Waals surface area contributed by atoms with Crippen molar-refractivity contribution >= 4 is 39.0 Å². The summed E-state index contributed by atoms with van der Waals surface area (Å²) < 4.78 is 16.3. The summed E-state index contributed by atoms with van der Waals surface area (Å²) in [5, 5.41) is 0.526. The Hall–Kier alpha value is -3.05. The number of hydrogen-bond acceptors (Lipinski definition) is 2. The van der Waals surface area contributed by atoms with Gasteiger partial charge in [-0.05, 0) is 70.9 Å². The van der Waals surface area contributed by atoms with E-state index in [4.69, 9.17) is 0 Å². The first-order chi connectivity index (χ1) is 13.5. The monoisotopic (exact) mass is 434 g/mol. The molecule has 0 aliphatic rings. The summed E-state index contributed by atoms with van der Waals surface area (Å²) in [5.41, 5.74) is 2.60. The number of hydrogen-bond donors (Lipinski definition) is 0. The number of halogens is 2. The van der Waals surface area contributed by atoms with E-state index in [1.807, 2.05) is 37.3 Å². The lowest BCUT2D eigenvalue weighted by Gasteiger charge is -2.13. The van der Waals surface area contributed by atoms with Gasteiger partial charge in [0.15, 0.2) is 0 Å². The van der Waals surface area contributed by atoms with Crippen LogP contribution in [-0.2, 0) is 0 Å². The highest BCUT2D eigenvalue weighted by atomic mass is 79.9. The van der Waals surface area contributed by atoms with Crippen LogP contribution in [0.2, 0.25) is 0 Å². The van der Waals surface area contributed by atoms with Crippen LogP contribution in [0.25, 0.3) is 28.7 Å². The molecule has 0 atom stereocenters. The molecule has 4 aromatic rings. The van der Waals surface area contributed by atoms with Crippen LogP contribution in [0.4, 0.5) is 4.39 Å². The van der Waals surface area contributed by atoms with Crippen LogP contribution in [0.15, 0.2) is 76.0 Å². The van der Waals surface area contributed by atoms with Crippen LogP contribution in [0.3, 0.4) is 0 Å². The minimum atomic E-state index is -0.329. The number of para-hydroxylation sites is 1. The molecule has 1 aromatic heterocycles. The Morgan fingerprint density at radius 2 is 1.75 bits per heavy atom. The van der Waals surface area contributed by atoms with E-state index in [9.17, 15) is 9.18 Å². The van der Waals surface area contributed by atoms with Crippen molar-refractivity contribution in [2.24, 2.45) is 0 Å². The summed E-state index contributed by atoms with van der Waals surface area (Å²) >= 11 is 3.55. The maximum atomic E-state index is 14.0. The summed E-state index contributed by atoms with van der Waals surface area (Å²) in [4.78, 5) is 17.9. The van der Waals surface area contributed by atoms with Crippen molar-refractivity contribution in [1.29, 1.82) is 0 Å². The van der Waals surface area contributed by atoms with E-state index in [0.29, 0.717) is 28.0 Å². The minimum Gasteiger partial charge on any atom is -0.268 e. The largest absolute Gasteiger partial charge is 0.268 e. The van der Waals surface area contributed by atoms with E-state index in [1.54, 1.807) is 47.1 Å². The Morgan fingerprint density at radius 3 is 2.54 bits per heavy atom. The molecule has 0 fully saturated rings. The zero-order valence-corrected chi connectivity index (χ0v) is 16.7. The molecule has 28 heavy (non-hydrogen) atoms. The van der Waals surface area contributed by atoms with Crippen LogP contribution in [-0.4, -0.2) is 9.55 Å². The fourth-order valence-electron chi connectivity index (χ4n) is 3.06. The first-order valence-corrected chi connectivity index (χ1v) is 9.55. The topological polar surface area (TPSA) is 34.9 Å². The van der Waals surface area contributed by atoms with Crippen LogP contribution >= 0.6 is 15.9 Å². The molecule has 3 aromatic carbocycles. The number of fused-ring (bicyclic) bond motifs is 1. The van der Waals surface area contributed by atoms with Crippen LogP contribution in [0, 0.1) is 12.7 Å². The van der Waals surface area contributed by atoms with E-state index in [2.05, 4.69) is 20.9 Å². The van der Waals surface area contributed by atoms with Gasteiger partial charge in [0.05, 0.1) is 16.6 Å². The third-order valence-corrected chi connectivity index (χ3v) is 5.10. The molecular weight excluding hydrogens is 419 g/mol. The van der Waals surface area contributed by atoms with Crippen molar-refractivity contribution in [2.75, 3.05) is 0 Å². The highest BCUT2D eigenvalue weighted by Gasteiger charge is 2.13. The Balaban J connectivity index is 1.99. The highest BCUT2D eigenvalue weighted by Crippen LogP contribution is 2.24. The molecular formula is C23H16BrFN2O. The molecule has 0 aliphatic heterocycles. The van der Waals surface area contributed by atoms with Crippen molar-refractivity contribution < 1.29 is 4.39 Å². The third-order valence-electron chi connectivity index (χ3n) is 4.46. The van der Waals surface area contributed by atoms with Gasteiger partial charge >= 0.3 is 0 Å². The first-order valence-electron chi connectivity index (χ1n) is 8.75. The van der Waals surface area contributed by atoms with Gasteiger partial charge < -0.3 is 0 Å². The second-order valence-corrected chi connectivity index (χ2v) is 7.29. The van der Waals surface area contributed by atoms with Crippen molar-refractivity contribution in [3.05, 3.63) is 104 Å². The molecule has 3 nitrogen and oxygen atoms in total. The van der Waals surface area contributed by atoms with Gasteiger partial charge in [-0.1, -0.05) is 36.4 Å². The molecule has 0 saturated heterocycles. The lowest BCUT2D eigenvalue weighted by molar-refractivity contribution is 0.625. The predicted octanol–water partition coefficient (Wildman–Crippen LogP) is 5.77. The second-order valence-electron chi connectivity index (χ2n) is 6.44. The fourth-order valence-corrected chi connectivity index (χ4v) is 3.73. The Kier molecular flexibility index (Phi) is 4.92. The smallest absolute Gasteiger partial charge is 0.266 e. The second kappa shape index (κ2) is 7.52. The van der Waals surface area contributed by atoms with Crippen molar-refractivity contribution in [2.45, 2.75) is 6.92 Å². The molecule has 0 amide bonds. The number of rotatable bonds is 3. The van der Waals surface area contributed by atoms with Crippen LogP contribution in [0.1, 0.15) is 17.0 Å². The van der Waals surface area contributed by atoms with Gasteiger partial charge in [0, 0.05) is 10.0 Å². The summed E-state index contributed by atoms with van der Waals surface area (Å²) in [6.45, 7) is 1.98. The summed E-state index contributed by atoms with van der Waals surface area (Å²) in [7, 11) is 0. The zero-order valence-electron chi connectivity index (χ0n) is 15.1. The molecule has 0 unspecified atom stereocenters. The molecule has 0 spiro atoms. The molecule has 0 saturated carbocycles. The van der Waals surface area contributed by atoms with Crippen molar-refractivity contribution in [3.8, 4) is 5.69 Å². The standard InChI is InChI=1S/C23H16BrFN2O/c1-15-10-12-21(18(24)14-15)27-22(13-11-16-6-2-4-8-19(16)25)26-20-9-5-3-7-17(20)23(27)28/h2-14H,1H3/b13-11-. The normalized spacial score (nSPS) is 11.4. The molecule has 5 heteroatoms. The van der Waals surface area contributed by atoms with Crippen molar-refractivity contribution in [3.63, 3.8) is 0 Å². The Labute approximate surface area is 169 Å². The quantitative estimate of drug-likeness (QED) is 0.410. The number of benzene rings is 3. The minimum absolute atomic E-state index is 0.177. The van der Waals surface area contributed by atoms with Gasteiger partial charge in [0.25, 0.3) is 5.56 Å². The Morgan fingerprint density at radius 1 is 1.00 bits per heavy atom. The lowest BCUT2D eigenvalue weighted by atomic mass is 10.2. The average molecular weight is 435 g/mol. The summed E-state index contributed by atoms with van der Waals surface area (Å²) in [6, 6.07) is 19.4. The molecule has 0 N–H and O–H groups in total. The SMILES string of the molecule is Cc1ccc(-n2c(/C=C\c3ccccc3F)nc3ccccc3c2=O)c(Br)c1. The van der Waals surface area contributed by atoms with Crippen LogP contribution in [0.5, 0.6) is 0 Å². The van der Waals surface area contributed by atoms with Crippen LogP contribution < -0.4 is 5.56 Å². The molecule has 0 aliphatic carbocycles.